The van der Waals surface area contributed by atoms with E-state index < -0.39 is 0 Å². The minimum absolute atomic E-state index is 0. The Hall–Kier alpha value is 0.0249. The lowest BCUT2D eigenvalue weighted by atomic mass is 10.6. The standard InChI is InChI=1S/C3H8.CH5N.CH4.B/c1-3-2;1-2;;/h3H2,1-2H3;2H2,1H3;1H4;. The monoisotopic (exact) mass is 102 g/mol. The van der Waals surface area contributed by atoms with Crippen molar-refractivity contribution in [3.8, 4) is 0 Å². The molecule has 0 atom stereocenters. The lowest BCUT2D eigenvalue weighted by Gasteiger charge is -1.48. The van der Waals surface area contributed by atoms with E-state index >= 15 is 0 Å². The zero-order chi connectivity index (χ0) is 4.71. The van der Waals surface area contributed by atoms with Gasteiger partial charge in [-0.1, -0.05) is 27.7 Å². The van der Waals surface area contributed by atoms with Gasteiger partial charge in [-0.25, -0.2) is 0 Å². The highest BCUT2D eigenvalue weighted by atomic mass is 14.4. The predicted molar refractivity (Wildman–Crippen MR) is 38.6 cm³/mol. The van der Waals surface area contributed by atoms with Crippen molar-refractivity contribution in [1.29, 1.82) is 0 Å². The van der Waals surface area contributed by atoms with Gasteiger partial charge in [0, 0.05) is 8.41 Å². The molecule has 0 unspecified atom stereocenters. The van der Waals surface area contributed by atoms with Crippen molar-refractivity contribution < 1.29 is 0 Å². The molecule has 2 heteroatoms. The SMILES string of the molecule is C.CCC.CN.[B]. The van der Waals surface area contributed by atoms with Crippen LogP contribution in [0, 0.1) is 0 Å². The summed E-state index contributed by atoms with van der Waals surface area (Å²) in [5, 5.41) is 0. The van der Waals surface area contributed by atoms with E-state index in [-0.39, 0.29) is 15.8 Å². The maximum Gasteiger partial charge on any atom is 0 e. The van der Waals surface area contributed by atoms with E-state index in [4.69, 9.17) is 0 Å². The molecule has 3 radical (unpaired) electrons. The molecule has 2 N–H and O–H groups in total. The molecule has 0 spiro atoms. The first-order valence-electron chi connectivity index (χ1n) is 1.99. The molecule has 0 aliphatic carbocycles. The Balaban J connectivity index is -0.0000000105. The Morgan fingerprint density at radius 3 is 1.14 bits per heavy atom. The molecule has 0 aromatic rings. The van der Waals surface area contributed by atoms with Gasteiger partial charge in [0.25, 0.3) is 0 Å². The van der Waals surface area contributed by atoms with Crippen LogP contribution in [0.25, 0.3) is 0 Å². The molecule has 1 nitrogen and oxygen atoms in total. The molecule has 0 aliphatic heterocycles. The van der Waals surface area contributed by atoms with Gasteiger partial charge >= 0.3 is 0 Å². The lowest BCUT2D eigenvalue weighted by Crippen LogP contribution is -1.69. The van der Waals surface area contributed by atoms with E-state index in [1.54, 1.807) is 0 Å². The van der Waals surface area contributed by atoms with Crippen LogP contribution in [0.2, 0.25) is 0 Å². The maximum atomic E-state index is 4.50. The van der Waals surface area contributed by atoms with E-state index in [1.807, 2.05) is 0 Å². The third kappa shape index (κ3) is 157000. The van der Waals surface area contributed by atoms with Crippen molar-refractivity contribution >= 4 is 8.41 Å². The average molecular weight is 102 g/mol. The van der Waals surface area contributed by atoms with E-state index in [9.17, 15) is 0 Å². The van der Waals surface area contributed by atoms with Gasteiger partial charge in [-0.2, -0.15) is 0 Å². The van der Waals surface area contributed by atoms with Crippen molar-refractivity contribution in [2.24, 2.45) is 5.73 Å². The van der Waals surface area contributed by atoms with Crippen molar-refractivity contribution in [2.75, 3.05) is 7.05 Å². The molecule has 0 fully saturated rings. The number of hydrogen-bond donors (Lipinski definition) is 1. The highest BCUT2D eigenvalue weighted by molar-refractivity contribution is 5.75. The Morgan fingerprint density at radius 1 is 1.14 bits per heavy atom. The highest BCUT2D eigenvalue weighted by Crippen LogP contribution is 1.56. The normalized spacial score (nSPS) is 3.43. The van der Waals surface area contributed by atoms with E-state index in [0.29, 0.717) is 0 Å². The van der Waals surface area contributed by atoms with Gasteiger partial charge in [-0.3, -0.25) is 0 Å². The largest absolute Gasteiger partial charge is 0.333 e. The fourth-order valence-corrected chi connectivity index (χ4v) is 0. The van der Waals surface area contributed by atoms with Crippen LogP contribution in [0.4, 0.5) is 0 Å². The summed E-state index contributed by atoms with van der Waals surface area (Å²) in [6, 6.07) is 0. The van der Waals surface area contributed by atoms with Gasteiger partial charge in [0.1, 0.15) is 0 Å². The number of hydrogen-bond acceptors (Lipinski definition) is 1. The molecule has 0 rings (SSSR count). The molecule has 0 aliphatic rings. The Morgan fingerprint density at radius 2 is 1.14 bits per heavy atom. The van der Waals surface area contributed by atoms with Crippen molar-refractivity contribution in [1.82, 2.24) is 0 Å². The van der Waals surface area contributed by atoms with Gasteiger partial charge in [0.2, 0.25) is 0 Å². The summed E-state index contributed by atoms with van der Waals surface area (Å²) >= 11 is 0. The smallest absolute Gasteiger partial charge is 0 e. The summed E-state index contributed by atoms with van der Waals surface area (Å²) in [4.78, 5) is 0. The third-order valence-corrected chi connectivity index (χ3v) is 0. The molecule has 0 saturated carbocycles. The molecule has 0 aromatic heterocycles. The molecule has 0 amide bonds. The molecule has 0 heterocycles. The summed E-state index contributed by atoms with van der Waals surface area (Å²) in [5.41, 5.74) is 4.50. The van der Waals surface area contributed by atoms with Gasteiger partial charge in [-0.15, -0.1) is 0 Å². The molecule has 0 saturated heterocycles. The second-order valence-corrected chi connectivity index (χ2v) is 0.707. The molecule has 0 bridgehead atoms. The molecular weight excluding hydrogens is 84.9 g/mol. The second-order valence-electron chi connectivity index (χ2n) is 0.707. The van der Waals surface area contributed by atoms with Gasteiger partial charge < -0.3 is 5.73 Å². The van der Waals surface area contributed by atoms with Crippen molar-refractivity contribution in [3.63, 3.8) is 0 Å². The predicted octanol–water partition coefficient (Wildman–Crippen LogP) is 1.25. The fraction of sp³-hybridized carbons (Fsp3) is 1.00. The lowest BCUT2D eigenvalue weighted by molar-refractivity contribution is 1.09. The fourth-order valence-electron chi connectivity index (χ4n) is 0. The minimum atomic E-state index is 0. The zero-order valence-corrected chi connectivity index (χ0v) is 4.86. The molecule has 7 heavy (non-hydrogen) atoms. The Bertz CT molecular complexity index is 8.04. The van der Waals surface area contributed by atoms with Crippen LogP contribution in [0.1, 0.15) is 27.7 Å². The molecule has 0 aromatic carbocycles. The number of rotatable bonds is 0. The second kappa shape index (κ2) is 145. The van der Waals surface area contributed by atoms with Crippen molar-refractivity contribution in [2.45, 2.75) is 27.7 Å². The van der Waals surface area contributed by atoms with E-state index in [1.165, 1.54) is 13.5 Å². The van der Waals surface area contributed by atoms with Crippen LogP contribution in [0.15, 0.2) is 0 Å². The first-order chi connectivity index (χ1) is 2.41. The van der Waals surface area contributed by atoms with Gasteiger partial charge in [0.05, 0.1) is 0 Å². The highest BCUT2D eigenvalue weighted by Gasteiger charge is 1.35. The van der Waals surface area contributed by atoms with Crippen LogP contribution in [0.3, 0.4) is 0 Å². The van der Waals surface area contributed by atoms with Gasteiger partial charge in [0.15, 0.2) is 0 Å². The maximum absolute atomic E-state index is 4.50. The van der Waals surface area contributed by atoms with Crippen LogP contribution < -0.4 is 5.73 Å². The van der Waals surface area contributed by atoms with Crippen LogP contribution in [-0.4, -0.2) is 15.5 Å². The topological polar surface area (TPSA) is 26.0 Å². The zero-order valence-electron chi connectivity index (χ0n) is 4.86. The van der Waals surface area contributed by atoms with E-state index in [2.05, 4.69) is 19.6 Å². The Kier molecular flexibility index (Phi) is 577. The number of nitrogens with two attached hydrogens (primary N) is 1. The Labute approximate surface area is 49.9 Å². The minimum Gasteiger partial charge on any atom is -0.333 e. The first kappa shape index (κ1) is 27.9. The van der Waals surface area contributed by atoms with E-state index in [0.717, 1.165) is 0 Å². The molecular formula is C5H17BN. The van der Waals surface area contributed by atoms with Crippen LogP contribution in [-0.2, 0) is 0 Å². The van der Waals surface area contributed by atoms with Crippen LogP contribution in [0.5, 0.6) is 0 Å². The summed E-state index contributed by atoms with van der Waals surface area (Å²) < 4.78 is 0. The summed E-state index contributed by atoms with van der Waals surface area (Å²) in [7, 11) is 1.50. The van der Waals surface area contributed by atoms with Gasteiger partial charge in [-0.05, 0) is 7.05 Å². The van der Waals surface area contributed by atoms with Crippen LogP contribution >= 0.6 is 0 Å². The summed E-state index contributed by atoms with van der Waals surface area (Å²) in [6.45, 7) is 4.25. The average Bonchev–Trinajstić information content (AvgIpc) is 1.46. The third-order valence-electron chi connectivity index (χ3n) is 0. The summed E-state index contributed by atoms with van der Waals surface area (Å²) in [6.07, 6.45) is 1.25. The quantitative estimate of drug-likeness (QED) is 0.457. The molecule has 45 valence electrons. The summed E-state index contributed by atoms with van der Waals surface area (Å²) in [5.74, 6) is 0. The van der Waals surface area contributed by atoms with Crippen molar-refractivity contribution in [3.05, 3.63) is 0 Å². The first-order valence-corrected chi connectivity index (χ1v) is 1.99.